The molecule has 2 aromatic carbocycles. The lowest BCUT2D eigenvalue weighted by atomic mass is 10.1. The molecule has 3 rings (SSSR count). The molecular weight excluding hydrogens is 397 g/mol. The van der Waals surface area contributed by atoms with E-state index in [1.54, 1.807) is 36.4 Å². The van der Waals surface area contributed by atoms with Crippen LogP contribution in [-0.2, 0) is 26.0 Å². The van der Waals surface area contributed by atoms with Gasteiger partial charge in [0.1, 0.15) is 5.82 Å². The molecular formula is C20H22FN3O4S. The van der Waals surface area contributed by atoms with Crippen LogP contribution in [0, 0.1) is 5.82 Å². The van der Waals surface area contributed by atoms with Gasteiger partial charge in [0, 0.05) is 26.2 Å². The van der Waals surface area contributed by atoms with E-state index >= 15 is 0 Å². The van der Waals surface area contributed by atoms with Gasteiger partial charge >= 0.3 is 0 Å². The Kier molecular flexibility index (Phi) is 6.60. The molecule has 154 valence electrons. The third kappa shape index (κ3) is 5.39. The Morgan fingerprint density at radius 1 is 0.966 bits per heavy atom. The number of hydrogen-bond donors (Lipinski definition) is 1. The molecule has 9 heteroatoms. The zero-order valence-electron chi connectivity index (χ0n) is 15.8. The maximum Gasteiger partial charge on any atom is 0.243 e. The third-order valence-electron chi connectivity index (χ3n) is 4.66. The highest BCUT2D eigenvalue weighted by atomic mass is 32.2. The Bertz CT molecular complexity index is 974. The third-order valence-corrected chi connectivity index (χ3v) is 6.58. The molecule has 0 aliphatic carbocycles. The average molecular weight is 419 g/mol. The van der Waals surface area contributed by atoms with Crippen molar-refractivity contribution in [2.45, 2.75) is 11.3 Å². The van der Waals surface area contributed by atoms with Crippen LogP contribution in [0.3, 0.4) is 0 Å². The summed E-state index contributed by atoms with van der Waals surface area (Å²) >= 11 is 0. The van der Waals surface area contributed by atoms with Gasteiger partial charge < -0.3 is 10.2 Å². The molecule has 1 saturated heterocycles. The fraction of sp³-hybridized carbons (Fsp3) is 0.300. The number of benzene rings is 2. The monoisotopic (exact) mass is 419 g/mol. The second-order valence-electron chi connectivity index (χ2n) is 6.68. The lowest BCUT2D eigenvalue weighted by molar-refractivity contribution is -0.133. The second kappa shape index (κ2) is 9.15. The van der Waals surface area contributed by atoms with Crippen LogP contribution in [-0.4, -0.2) is 62.2 Å². The molecule has 29 heavy (non-hydrogen) atoms. The van der Waals surface area contributed by atoms with Crippen molar-refractivity contribution < 1.29 is 22.4 Å². The van der Waals surface area contributed by atoms with Crippen LogP contribution in [0.25, 0.3) is 0 Å². The fourth-order valence-electron chi connectivity index (χ4n) is 3.10. The topological polar surface area (TPSA) is 86.8 Å². The summed E-state index contributed by atoms with van der Waals surface area (Å²) in [4.78, 5) is 26.0. The van der Waals surface area contributed by atoms with Crippen LogP contribution in [0.4, 0.5) is 4.39 Å². The molecule has 0 radical (unpaired) electrons. The summed E-state index contributed by atoms with van der Waals surface area (Å²) in [6.07, 6.45) is -0.0197. The first-order chi connectivity index (χ1) is 13.9. The predicted octanol–water partition coefficient (Wildman–Crippen LogP) is 1.02. The van der Waals surface area contributed by atoms with Crippen LogP contribution >= 0.6 is 0 Å². The molecule has 1 fully saturated rings. The Labute approximate surface area is 169 Å². The average Bonchev–Trinajstić information content (AvgIpc) is 2.73. The maximum atomic E-state index is 13.2. The van der Waals surface area contributed by atoms with E-state index in [0.717, 1.165) is 0 Å². The van der Waals surface area contributed by atoms with Gasteiger partial charge in [0.15, 0.2) is 0 Å². The van der Waals surface area contributed by atoms with Crippen molar-refractivity contribution in [2.24, 2.45) is 0 Å². The smallest absolute Gasteiger partial charge is 0.243 e. The molecule has 2 amide bonds. The van der Waals surface area contributed by atoms with E-state index in [1.807, 2.05) is 0 Å². The number of carbonyl (C=O) groups excluding carboxylic acids is 2. The maximum absolute atomic E-state index is 13.2. The first kappa shape index (κ1) is 20.9. The van der Waals surface area contributed by atoms with E-state index in [2.05, 4.69) is 5.32 Å². The van der Waals surface area contributed by atoms with Gasteiger partial charge in [-0.2, -0.15) is 4.31 Å². The molecule has 2 aromatic rings. The normalized spacial score (nSPS) is 15.1. The van der Waals surface area contributed by atoms with E-state index < -0.39 is 15.8 Å². The number of carbonyl (C=O) groups is 2. The molecule has 0 saturated carbocycles. The second-order valence-corrected chi connectivity index (χ2v) is 8.62. The number of amides is 2. The summed E-state index contributed by atoms with van der Waals surface area (Å²) < 4.78 is 39.7. The minimum absolute atomic E-state index is 0.0197. The molecule has 7 nitrogen and oxygen atoms in total. The quantitative estimate of drug-likeness (QED) is 0.757. The zero-order chi connectivity index (χ0) is 20.9. The van der Waals surface area contributed by atoms with E-state index in [0.29, 0.717) is 5.56 Å². The minimum Gasteiger partial charge on any atom is -0.347 e. The van der Waals surface area contributed by atoms with Gasteiger partial charge in [-0.05, 0) is 29.8 Å². The first-order valence-corrected chi connectivity index (χ1v) is 10.6. The number of sulfonamides is 1. The fourth-order valence-corrected chi connectivity index (χ4v) is 4.54. The van der Waals surface area contributed by atoms with Gasteiger partial charge in [-0.25, -0.2) is 12.8 Å². The van der Waals surface area contributed by atoms with Crippen molar-refractivity contribution in [2.75, 3.05) is 32.7 Å². The lowest BCUT2D eigenvalue weighted by Crippen LogP contribution is -2.52. The summed E-state index contributed by atoms with van der Waals surface area (Å²) in [5.41, 5.74) is 0.523. The van der Waals surface area contributed by atoms with Gasteiger partial charge in [0.05, 0.1) is 17.9 Å². The predicted molar refractivity (Wildman–Crippen MR) is 105 cm³/mol. The molecule has 1 aliphatic heterocycles. The Morgan fingerprint density at radius 3 is 2.31 bits per heavy atom. The Balaban J connectivity index is 1.47. The molecule has 0 spiro atoms. The van der Waals surface area contributed by atoms with Crippen molar-refractivity contribution in [3.8, 4) is 0 Å². The zero-order valence-corrected chi connectivity index (χ0v) is 16.6. The number of nitrogens with one attached hydrogen (secondary N) is 1. The SMILES string of the molecule is O=C(Cc1cccc(F)c1)NCC(=O)N1CCN(S(=O)(=O)c2ccccc2)CC1. The number of nitrogens with zero attached hydrogens (tertiary/aromatic N) is 2. The molecule has 0 aromatic heterocycles. The highest BCUT2D eigenvalue weighted by molar-refractivity contribution is 7.89. The molecule has 1 heterocycles. The number of rotatable bonds is 6. The van der Waals surface area contributed by atoms with Gasteiger partial charge in [0.25, 0.3) is 0 Å². The molecule has 0 unspecified atom stereocenters. The summed E-state index contributed by atoms with van der Waals surface area (Å²) in [5, 5.41) is 2.53. The van der Waals surface area contributed by atoms with Crippen LogP contribution in [0.2, 0.25) is 0 Å². The largest absolute Gasteiger partial charge is 0.347 e. The molecule has 1 N–H and O–H groups in total. The van der Waals surface area contributed by atoms with E-state index in [1.165, 1.54) is 27.4 Å². The Morgan fingerprint density at radius 2 is 1.66 bits per heavy atom. The summed E-state index contributed by atoms with van der Waals surface area (Å²) in [6.45, 7) is 0.718. The van der Waals surface area contributed by atoms with Crippen LogP contribution < -0.4 is 5.32 Å². The van der Waals surface area contributed by atoms with E-state index in [9.17, 15) is 22.4 Å². The van der Waals surface area contributed by atoms with Gasteiger partial charge in [0.2, 0.25) is 21.8 Å². The number of piperazine rings is 1. The van der Waals surface area contributed by atoms with Crippen molar-refractivity contribution in [1.29, 1.82) is 0 Å². The van der Waals surface area contributed by atoms with Crippen LogP contribution in [0.5, 0.6) is 0 Å². The first-order valence-electron chi connectivity index (χ1n) is 9.20. The van der Waals surface area contributed by atoms with Crippen molar-refractivity contribution >= 4 is 21.8 Å². The number of hydrogen-bond acceptors (Lipinski definition) is 4. The van der Waals surface area contributed by atoms with E-state index in [4.69, 9.17) is 0 Å². The van der Waals surface area contributed by atoms with E-state index in [-0.39, 0.29) is 55.9 Å². The van der Waals surface area contributed by atoms with Gasteiger partial charge in [-0.15, -0.1) is 0 Å². The minimum atomic E-state index is -3.58. The van der Waals surface area contributed by atoms with Crippen molar-refractivity contribution in [1.82, 2.24) is 14.5 Å². The lowest BCUT2D eigenvalue weighted by Gasteiger charge is -2.34. The number of halogens is 1. The molecule has 0 atom stereocenters. The standard InChI is InChI=1S/C20H22FN3O4S/c21-17-6-4-5-16(13-17)14-19(25)22-15-20(26)23-9-11-24(12-10-23)29(27,28)18-7-2-1-3-8-18/h1-8,13H,9-12,14-15H2,(H,22,25). The summed E-state index contributed by atoms with van der Waals surface area (Å²) in [6, 6.07) is 13.9. The highest BCUT2D eigenvalue weighted by Gasteiger charge is 2.29. The van der Waals surface area contributed by atoms with Crippen molar-refractivity contribution in [3.63, 3.8) is 0 Å². The van der Waals surface area contributed by atoms with Crippen molar-refractivity contribution in [3.05, 3.63) is 66.0 Å². The summed E-state index contributed by atoms with van der Waals surface area (Å²) in [7, 11) is -3.58. The van der Waals surface area contributed by atoms with Gasteiger partial charge in [-0.1, -0.05) is 30.3 Å². The molecule has 0 bridgehead atoms. The summed E-state index contributed by atoms with van der Waals surface area (Å²) in [5.74, 6) is -1.08. The Hall–Kier alpha value is -2.78. The van der Waals surface area contributed by atoms with Gasteiger partial charge in [-0.3, -0.25) is 9.59 Å². The highest BCUT2D eigenvalue weighted by Crippen LogP contribution is 2.17. The van der Waals surface area contributed by atoms with Crippen LogP contribution in [0.1, 0.15) is 5.56 Å². The molecule has 1 aliphatic rings. The van der Waals surface area contributed by atoms with Crippen LogP contribution in [0.15, 0.2) is 59.5 Å².